The highest BCUT2D eigenvalue weighted by Gasteiger charge is 2.17. The molecule has 1 aromatic rings. The van der Waals surface area contributed by atoms with Crippen LogP contribution in [0.15, 0.2) is 30.3 Å². The maximum atomic E-state index is 3.01. The third kappa shape index (κ3) is 1.78. The summed E-state index contributed by atoms with van der Waals surface area (Å²) >= 11 is 0. The van der Waals surface area contributed by atoms with Crippen molar-refractivity contribution in [2.24, 2.45) is 0 Å². The van der Waals surface area contributed by atoms with E-state index in [2.05, 4.69) is 39.0 Å². The van der Waals surface area contributed by atoms with Crippen LogP contribution < -0.4 is 26.8 Å². The van der Waals surface area contributed by atoms with Gasteiger partial charge in [-0.2, -0.15) is 11.1 Å². The smallest absolute Gasteiger partial charge is 0.162 e. The molecule has 0 spiro atoms. The van der Waals surface area contributed by atoms with Gasteiger partial charge in [0, 0.05) is 12.7 Å². The number of benzene rings is 1. The molecule has 13 heavy (non-hydrogen) atoms. The van der Waals surface area contributed by atoms with Crippen molar-refractivity contribution in [2.75, 3.05) is 11.9 Å². The average Bonchev–Trinajstić information content (AvgIpc) is 2.71. The Morgan fingerprint density at radius 3 is 2.31 bits per heavy atom. The lowest BCUT2D eigenvalue weighted by molar-refractivity contribution is 0.516. The third-order valence-electron chi connectivity index (χ3n) is 2.03. The van der Waals surface area contributed by atoms with Crippen molar-refractivity contribution >= 4 is 5.69 Å². The van der Waals surface area contributed by atoms with Gasteiger partial charge in [-0.3, -0.25) is 0 Å². The molecular formula is C8H13N5. The van der Waals surface area contributed by atoms with Gasteiger partial charge in [0.05, 0.1) is 0 Å². The molecule has 0 amide bonds. The predicted molar refractivity (Wildman–Crippen MR) is 51.2 cm³/mol. The number of hydrogen-bond donors (Lipinski definition) is 4. The molecule has 1 aliphatic rings. The van der Waals surface area contributed by atoms with Gasteiger partial charge in [0.2, 0.25) is 0 Å². The van der Waals surface area contributed by atoms with Crippen LogP contribution in [0.3, 0.4) is 0 Å². The van der Waals surface area contributed by atoms with E-state index in [0.29, 0.717) is 0 Å². The molecule has 70 valence electrons. The lowest BCUT2D eigenvalue weighted by Crippen LogP contribution is -2.48. The Hall–Kier alpha value is -1.14. The van der Waals surface area contributed by atoms with Gasteiger partial charge in [-0.25, -0.2) is 10.9 Å². The molecule has 0 aliphatic carbocycles. The molecule has 5 heteroatoms. The van der Waals surface area contributed by atoms with E-state index in [-0.39, 0.29) is 6.29 Å². The fourth-order valence-corrected chi connectivity index (χ4v) is 1.25. The summed E-state index contributed by atoms with van der Waals surface area (Å²) in [5.41, 5.74) is 12.7. The van der Waals surface area contributed by atoms with Crippen molar-refractivity contribution in [1.82, 2.24) is 21.9 Å². The number of anilines is 1. The van der Waals surface area contributed by atoms with E-state index in [1.807, 2.05) is 25.2 Å². The number of hydrogen-bond acceptors (Lipinski definition) is 5. The molecule has 0 unspecified atom stereocenters. The third-order valence-corrected chi connectivity index (χ3v) is 2.03. The van der Waals surface area contributed by atoms with E-state index in [4.69, 9.17) is 0 Å². The van der Waals surface area contributed by atoms with Gasteiger partial charge in [0.15, 0.2) is 6.29 Å². The van der Waals surface area contributed by atoms with Gasteiger partial charge >= 0.3 is 0 Å². The Balaban J connectivity index is 2.08. The van der Waals surface area contributed by atoms with E-state index in [1.54, 1.807) is 0 Å². The lowest BCUT2D eigenvalue weighted by Gasteiger charge is -2.24. The second kappa shape index (κ2) is 3.71. The van der Waals surface area contributed by atoms with Gasteiger partial charge in [-0.1, -0.05) is 18.2 Å². The van der Waals surface area contributed by atoms with Crippen LogP contribution >= 0.6 is 0 Å². The molecule has 0 saturated carbocycles. The zero-order valence-electron chi connectivity index (χ0n) is 7.41. The van der Waals surface area contributed by atoms with E-state index >= 15 is 0 Å². The van der Waals surface area contributed by atoms with Gasteiger partial charge in [-0.15, -0.1) is 0 Å². The first-order chi connectivity index (χ1) is 6.38. The first kappa shape index (κ1) is 8.46. The first-order valence-electron chi connectivity index (χ1n) is 4.17. The molecule has 0 atom stereocenters. The minimum atomic E-state index is 0.0578. The summed E-state index contributed by atoms with van der Waals surface area (Å²) in [5.74, 6) is 0. The normalized spacial score (nSPS) is 17.6. The number of nitrogens with zero attached hydrogens (tertiary/aromatic N) is 1. The largest absolute Gasteiger partial charge is 0.345 e. The summed E-state index contributed by atoms with van der Waals surface area (Å²) in [6, 6.07) is 10.1. The molecule has 1 saturated heterocycles. The highest BCUT2D eigenvalue weighted by molar-refractivity contribution is 5.45. The lowest BCUT2D eigenvalue weighted by atomic mass is 10.3. The first-order valence-corrected chi connectivity index (χ1v) is 4.17. The molecule has 1 aliphatic heterocycles. The Labute approximate surface area is 77.0 Å². The summed E-state index contributed by atoms with van der Waals surface area (Å²) in [6.07, 6.45) is 0.0578. The van der Waals surface area contributed by atoms with Crippen LogP contribution in [-0.2, 0) is 0 Å². The molecule has 5 nitrogen and oxygen atoms in total. The standard InChI is InChI=1S/C8H13N5/c1-13(8-9-11-12-10-8)7-5-3-2-4-6-7/h2-6,8-12H,1H3. The zero-order valence-corrected chi connectivity index (χ0v) is 7.41. The molecule has 4 N–H and O–H groups in total. The van der Waals surface area contributed by atoms with E-state index in [1.165, 1.54) is 0 Å². The maximum absolute atomic E-state index is 3.01. The highest BCUT2D eigenvalue weighted by atomic mass is 15.9. The van der Waals surface area contributed by atoms with Crippen molar-refractivity contribution in [3.05, 3.63) is 30.3 Å². The fraction of sp³-hybridized carbons (Fsp3) is 0.250. The quantitative estimate of drug-likeness (QED) is 0.494. The number of para-hydroxylation sites is 1. The molecule has 1 fully saturated rings. The van der Waals surface area contributed by atoms with Crippen LogP contribution in [0.1, 0.15) is 0 Å². The van der Waals surface area contributed by atoms with Crippen LogP contribution in [0.2, 0.25) is 0 Å². The number of rotatable bonds is 2. The molecule has 2 rings (SSSR count). The summed E-state index contributed by atoms with van der Waals surface area (Å²) in [4.78, 5) is 2.08. The second-order valence-corrected chi connectivity index (χ2v) is 2.89. The van der Waals surface area contributed by atoms with Crippen molar-refractivity contribution in [3.63, 3.8) is 0 Å². The van der Waals surface area contributed by atoms with E-state index in [9.17, 15) is 0 Å². The molecule has 0 radical (unpaired) electrons. The molecule has 0 aromatic heterocycles. The van der Waals surface area contributed by atoms with Crippen molar-refractivity contribution in [1.29, 1.82) is 0 Å². The van der Waals surface area contributed by atoms with E-state index in [0.717, 1.165) is 5.69 Å². The van der Waals surface area contributed by atoms with Crippen LogP contribution in [0, 0.1) is 0 Å². The second-order valence-electron chi connectivity index (χ2n) is 2.89. The topological polar surface area (TPSA) is 51.4 Å². The Morgan fingerprint density at radius 1 is 1.08 bits per heavy atom. The van der Waals surface area contributed by atoms with Crippen molar-refractivity contribution in [2.45, 2.75) is 6.29 Å². The molecular weight excluding hydrogens is 166 g/mol. The highest BCUT2D eigenvalue weighted by Crippen LogP contribution is 2.11. The fourth-order valence-electron chi connectivity index (χ4n) is 1.25. The Kier molecular flexibility index (Phi) is 2.42. The Bertz CT molecular complexity index is 256. The molecule has 0 bridgehead atoms. The van der Waals surface area contributed by atoms with Gasteiger partial charge in [-0.05, 0) is 12.1 Å². The van der Waals surface area contributed by atoms with Gasteiger partial charge in [0.1, 0.15) is 0 Å². The SMILES string of the molecule is CN(c1ccccc1)C1NNNN1. The minimum Gasteiger partial charge on any atom is -0.345 e. The van der Waals surface area contributed by atoms with Crippen LogP contribution in [0.4, 0.5) is 5.69 Å². The minimum absolute atomic E-state index is 0.0578. The monoisotopic (exact) mass is 179 g/mol. The average molecular weight is 179 g/mol. The summed E-state index contributed by atoms with van der Waals surface area (Å²) in [7, 11) is 2.01. The zero-order chi connectivity index (χ0) is 9.10. The van der Waals surface area contributed by atoms with Crippen LogP contribution in [-0.4, -0.2) is 13.3 Å². The van der Waals surface area contributed by atoms with Crippen LogP contribution in [0.5, 0.6) is 0 Å². The number of hydrazine groups is 3. The van der Waals surface area contributed by atoms with Crippen molar-refractivity contribution < 1.29 is 0 Å². The summed E-state index contributed by atoms with van der Waals surface area (Å²) in [6.45, 7) is 0. The summed E-state index contributed by atoms with van der Waals surface area (Å²) in [5, 5.41) is 0. The van der Waals surface area contributed by atoms with Crippen molar-refractivity contribution in [3.8, 4) is 0 Å². The van der Waals surface area contributed by atoms with Gasteiger partial charge in [0.25, 0.3) is 0 Å². The van der Waals surface area contributed by atoms with E-state index < -0.39 is 0 Å². The van der Waals surface area contributed by atoms with Crippen LogP contribution in [0.25, 0.3) is 0 Å². The Morgan fingerprint density at radius 2 is 1.69 bits per heavy atom. The maximum Gasteiger partial charge on any atom is 0.162 e. The molecule has 1 aromatic carbocycles. The predicted octanol–water partition coefficient (Wildman–Crippen LogP) is -0.477. The molecule has 1 heterocycles. The number of nitrogens with one attached hydrogen (secondary N) is 4. The summed E-state index contributed by atoms with van der Waals surface area (Å²) < 4.78 is 0. The van der Waals surface area contributed by atoms with Gasteiger partial charge < -0.3 is 4.90 Å².